The third-order valence-corrected chi connectivity index (χ3v) is 4.50. The van der Waals surface area contributed by atoms with Gasteiger partial charge in [0.05, 0.1) is 13.2 Å². The molecule has 0 amide bonds. The summed E-state index contributed by atoms with van der Waals surface area (Å²) in [5.74, 6) is 0. The van der Waals surface area contributed by atoms with Crippen LogP contribution < -0.4 is 5.32 Å². The molecule has 98 valence electrons. The van der Waals surface area contributed by atoms with Crippen LogP contribution in [0, 0.1) is 6.92 Å². The molecule has 0 spiro atoms. The van der Waals surface area contributed by atoms with Crippen molar-refractivity contribution < 1.29 is 4.74 Å². The quantitative estimate of drug-likeness (QED) is 0.806. The average Bonchev–Trinajstić information content (AvgIpc) is 2.50. The lowest BCUT2D eigenvalue weighted by atomic mass is 10.1. The predicted octanol–water partition coefficient (Wildman–Crippen LogP) is 3.77. The normalized spacial score (nSPS) is 12.1. The van der Waals surface area contributed by atoms with Crippen molar-refractivity contribution in [2.24, 2.45) is 0 Å². The molecule has 1 aromatic heterocycles. The minimum atomic E-state index is 0.180. The van der Waals surface area contributed by atoms with Crippen LogP contribution in [0.15, 0.2) is 10.5 Å². The highest BCUT2D eigenvalue weighted by Crippen LogP contribution is 2.26. The summed E-state index contributed by atoms with van der Waals surface area (Å²) in [5, 5.41) is 3.40. The molecule has 0 aromatic carbocycles. The Balaban J connectivity index is 2.09. The Morgan fingerprint density at radius 2 is 2.06 bits per heavy atom. The maximum atomic E-state index is 5.61. The second kappa shape index (κ2) is 6.88. The van der Waals surface area contributed by atoms with Crippen LogP contribution in [-0.2, 0) is 11.2 Å². The summed E-state index contributed by atoms with van der Waals surface area (Å²) in [6.07, 6.45) is 1.01. The second-order valence-corrected chi connectivity index (χ2v) is 7.35. The molecule has 17 heavy (non-hydrogen) atoms. The number of halogens is 1. The molecule has 0 atom stereocenters. The van der Waals surface area contributed by atoms with Gasteiger partial charge in [-0.15, -0.1) is 11.3 Å². The molecule has 0 saturated heterocycles. The van der Waals surface area contributed by atoms with Crippen molar-refractivity contribution in [3.8, 4) is 0 Å². The van der Waals surface area contributed by atoms with Crippen molar-refractivity contribution in [3.05, 3.63) is 20.3 Å². The summed E-state index contributed by atoms with van der Waals surface area (Å²) in [6.45, 7) is 11.1. The molecule has 1 N–H and O–H groups in total. The SMILES string of the molecule is Cc1sc(CCOCCNC(C)(C)C)cc1Br. The molecule has 0 saturated carbocycles. The van der Waals surface area contributed by atoms with Crippen LogP contribution in [0.5, 0.6) is 0 Å². The molecule has 0 aliphatic carbocycles. The molecule has 4 heteroatoms. The molecule has 0 fully saturated rings. The van der Waals surface area contributed by atoms with Crippen molar-refractivity contribution in [1.82, 2.24) is 5.32 Å². The predicted molar refractivity (Wildman–Crippen MR) is 79.0 cm³/mol. The number of rotatable bonds is 6. The van der Waals surface area contributed by atoms with E-state index in [1.165, 1.54) is 14.2 Å². The van der Waals surface area contributed by atoms with Gasteiger partial charge in [0.15, 0.2) is 0 Å². The summed E-state index contributed by atoms with van der Waals surface area (Å²) in [5.41, 5.74) is 0.180. The Hall–Kier alpha value is 0.100. The van der Waals surface area contributed by atoms with Crippen LogP contribution in [-0.4, -0.2) is 25.3 Å². The van der Waals surface area contributed by atoms with E-state index in [2.05, 4.69) is 55.0 Å². The second-order valence-electron chi connectivity index (χ2n) is 5.16. The molecule has 1 rings (SSSR count). The van der Waals surface area contributed by atoms with Crippen LogP contribution in [0.2, 0.25) is 0 Å². The van der Waals surface area contributed by atoms with E-state index in [-0.39, 0.29) is 5.54 Å². The number of thiophene rings is 1. The third kappa shape index (κ3) is 6.55. The lowest BCUT2D eigenvalue weighted by Gasteiger charge is -2.20. The van der Waals surface area contributed by atoms with E-state index < -0.39 is 0 Å². The lowest BCUT2D eigenvalue weighted by Crippen LogP contribution is -2.38. The summed E-state index contributed by atoms with van der Waals surface area (Å²) in [6, 6.07) is 2.19. The van der Waals surface area contributed by atoms with E-state index in [0.717, 1.165) is 26.2 Å². The zero-order valence-corrected chi connectivity index (χ0v) is 13.5. The van der Waals surface area contributed by atoms with E-state index in [1.54, 1.807) is 0 Å². The molecular weight excluding hydrogens is 298 g/mol. The Morgan fingerprint density at radius 1 is 1.35 bits per heavy atom. The van der Waals surface area contributed by atoms with E-state index in [1.807, 2.05) is 11.3 Å². The van der Waals surface area contributed by atoms with Crippen molar-refractivity contribution in [1.29, 1.82) is 0 Å². The smallest absolute Gasteiger partial charge is 0.0591 e. The molecule has 0 aliphatic heterocycles. The van der Waals surface area contributed by atoms with Crippen molar-refractivity contribution in [2.75, 3.05) is 19.8 Å². The zero-order valence-electron chi connectivity index (χ0n) is 11.1. The van der Waals surface area contributed by atoms with Crippen molar-refractivity contribution in [3.63, 3.8) is 0 Å². The van der Waals surface area contributed by atoms with Gasteiger partial charge in [0.25, 0.3) is 0 Å². The van der Waals surface area contributed by atoms with Crippen LogP contribution in [0.1, 0.15) is 30.5 Å². The van der Waals surface area contributed by atoms with E-state index in [4.69, 9.17) is 4.74 Å². The minimum absolute atomic E-state index is 0.180. The topological polar surface area (TPSA) is 21.3 Å². The molecular formula is C13H22BrNOS. The molecule has 0 radical (unpaired) electrons. The number of hydrogen-bond donors (Lipinski definition) is 1. The first-order valence-electron chi connectivity index (χ1n) is 5.96. The standard InChI is InChI=1S/C13H22BrNOS/c1-10-12(14)9-11(17-10)5-7-16-8-6-15-13(2,3)4/h9,15H,5-8H2,1-4H3. The summed E-state index contributed by atoms with van der Waals surface area (Å²) in [7, 11) is 0. The van der Waals surface area contributed by atoms with Crippen LogP contribution in [0.25, 0.3) is 0 Å². The zero-order chi connectivity index (χ0) is 12.9. The summed E-state index contributed by atoms with van der Waals surface area (Å²) >= 11 is 5.37. The Kier molecular flexibility index (Phi) is 6.13. The molecule has 2 nitrogen and oxygen atoms in total. The number of aryl methyl sites for hydroxylation is 1. The fourth-order valence-electron chi connectivity index (χ4n) is 1.41. The fraction of sp³-hybridized carbons (Fsp3) is 0.692. The van der Waals surface area contributed by atoms with E-state index >= 15 is 0 Å². The molecule has 1 heterocycles. The Morgan fingerprint density at radius 3 is 2.59 bits per heavy atom. The lowest BCUT2D eigenvalue weighted by molar-refractivity contribution is 0.134. The highest BCUT2D eigenvalue weighted by molar-refractivity contribution is 9.10. The summed E-state index contributed by atoms with van der Waals surface area (Å²) < 4.78 is 6.83. The molecule has 0 bridgehead atoms. The van der Waals surface area contributed by atoms with Crippen molar-refractivity contribution in [2.45, 2.75) is 39.7 Å². The average molecular weight is 320 g/mol. The number of ether oxygens (including phenoxy) is 1. The molecule has 0 aliphatic rings. The van der Waals surface area contributed by atoms with Gasteiger partial charge in [0.1, 0.15) is 0 Å². The van der Waals surface area contributed by atoms with E-state index in [9.17, 15) is 0 Å². The highest BCUT2D eigenvalue weighted by atomic mass is 79.9. The van der Waals surface area contributed by atoms with Gasteiger partial charge in [-0.05, 0) is 49.7 Å². The van der Waals surface area contributed by atoms with Gasteiger partial charge >= 0.3 is 0 Å². The van der Waals surface area contributed by atoms with E-state index in [0.29, 0.717) is 0 Å². The maximum Gasteiger partial charge on any atom is 0.0591 e. The summed E-state index contributed by atoms with van der Waals surface area (Å²) in [4.78, 5) is 2.73. The van der Waals surface area contributed by atoms with Crippen molar-refractivity contribution >= 4 is 27.3 Å². The molecule has 1 aromatic rings. The first-order valence-corrected chi connectivity index (χ1v) is 7.57. The van der Waals surface area contributed by atoms with Crippen LogP contribution in [0.3, 0.4) is 0 Å². The van der Waals surface area contributed by atoms with Gasteiger partial charge in [-0.25, -0.2) is 0 Å². The highest BCUT2D eigenvalue weighted by Gasteiger charge is 2.07. The fourth-order valence-corrected chi connectivity index (χ4v) is 3.00. The van der Waals surface area contributed by atoms with Gasteiger partial charge in [-0.2, -0.15) is 0 Å². The largest absolute Gasteiger partial charge is 0.380 e. The maximum absolute atomic E-state index is 5.61. The van der Waals surface area contributed by atoms with Gasteiger partial charge < -0.3 is 10.1 Å². The first-order chi connectivity index (χ1) is 7.88. The van der Waals surface area contributed by atoms with Gasteiger partial charge in [0.2, 0.25) is 0 Å². The first kappa shape index (κ1) is 15.2. The van der Waals surface area contributed by atoms with Gasteiger partial charge in [-0.1, -0.05) is 0 Å². The number of hydrogen-bond acceptors (Lipinski definition) is 3. The number of nitrogens with one attached hydrogen (secondary N) is 1. The van der Waals surface area contributed by atoms with Gasteiger partial charge in [0, 0.05) is 32.7 Å². The Labute approximate surface area is 117 Å². The van der Waals surface area contributed by atoms with Crippen LogP contribution >= 0.6 is 27.3 Å². The minimum Gasteiger partial charge on any atom is -0.380 e. The monoisotopic (exact) mass is 319 g/mol. The van der Waals surface area contributed by atoms with Crippen LogP contribution in [0.4, 0.5) is 0 Å². The third-order valence-electron chi connectivity index (χ3n) is 2.30. The Bertz CT molecular complexity index is 324. The molecule has 0 unspecified atom stereocenters. The van der Waals surface area contributed by atoms with Gasteiger partial charge in [-0.3, -0.25) is 0 Å².